The van der Waals surface area contributed by atoms with E-state index < -0.39 is 0 Å². The van der Waals surface area contributed by atoms with Crippen LogP contribution in [0.1, 0.15) is 0 Å². The second-order valence-corrected chi connectivity index (χ2v) is 0.933. The van der Waals surface area contributed by atoms with Gasteiger partial charge in [-0.2, -0.15) is 7.55 Å². The Labute approximate surface area is 57.4 Å². The molecular formula is H3B3LiN3. The van der Waals surface area contributed by atoms with Gasteiger partial charge in [-0.15, -0.1) is 0 Å². The van der Waals surface area contributed by atoms with E-state index in [1.807, 2.05) is 0 Å². The van der Waals surface area contributed by atoms with Gasteiger partial charge >= 0.3 is 18.9 Å². The SMILES string of the molecule is [B]1N[B]N[B-]N1.[Li+]. The molecule has 1 rings (SSSR count). The van der Waals surface area contributed by atoms with Gasteiger partial charge < -0.3 is 15.4 Å². The van der Waals surface area contributed by atoms with E-state index in [1.54, 1.807) is 22.6 Å². The summed E-state index contributed by atoms with van der Waals surface area (Å²) in [6.07, 6.45) is 0. The fourth-order valence-corrected chi connectivity index (χ4v) is 0.269. The van der Waals surface area contributed by atoms with Gasteiger partial charge in [0.05, 0.1) is 0 Å². The topological polar surface area (TPSA) is 36.1 Å². The summed E-state index contributed by atoms with van der Waals surface area (Å²) in [5.41, 5.74) is 0. The summed E-state index contributed by atoms with van der Waals surface area (Å²) in [5.74, 6) is 0. The predicted molar refractivity (Wildman–Crippen MR) is 26.7 cm³/mol. The Morgan fingerprint density at radius 1 is 1.14 bits per heavy atom. The second kappa shape index (κ2) is 4.82. The molecule has 4 radical (unpaired) electrons. The molecule has 0 saturated carbocycles. The average molecular weight is 84.4 g/mol. The number of hydrogen-bond acceptors (Lipinski definition) is 3. The second-order valence-electron chi connectivity index (χ2n) is 0.933. The van der Waals surface area contributed by atoms with Gasteiger partial charge in [0.15, 0.2) is 0 Å². The molecule has 3 N–H and O–H groups in total. The summed E-state index contributed by atoms with van der Waals surface area (Å²) in [5, 5.41) is 8.34. The molecule has 0 aliphatic carbocycles. The first kappa shape index (κ1) is 7.67. The van der Waals surface area contributed by atoms with Crippen LogP contribution in [0.25, 0.3) is 0 Å². The molecule has 0 unspecified atom stereocenters. The van der Waals surface area contributed by atoms with Crippen molar-refractivity contribution in [3.63, 3.8) is 0 Å². The van der Waals surface area contributed by atoms with Crippen LogP contribution in [0, 0.1) is 0 Å². The van der Waals surface area contributed by atoms with Gasteiger partial charge in [0.2, 0.25) is 15.1 Å². The van der Waals surface area contributed by atoms with Crippen LogP contribution in [0.2, 0.25) is 0 Å². The van der Waals surface area contributed by atoms with Gasteiger partial charge in [0.1, 0.15) is 0 Å². The van der Waals surface area contributed by atoms with Crippen molar-refractivity contribution in [1.82, 2.24) is 15.4 Å². The van der Waals surface area contributed by atoms with Gasteiger partial charge in [-0.3, -0.25) is 0 Å². The first-order valence-electron chi connectivity index (χ1n) is 1.73. The Kier molecular flexibility index (Phi) is 5.29. The van der Waals surface area contributed by atoms with Gasteiger partial charge in [-0.25, -0.2) is 0 Å². The minimum Gasteiger partial charge on any atom is -0.568 e. The van der Waals surface area contributed by atoms with Gasteiger partial charge in [0, 0.05) is 0 Å². The van der Waals surface area contributed by atoms with Crippen LogP contribution in [0.3, 0.4) is 0 Å². The van der Waals surface area contributed by atoms with Crippen molar-refractivity contribution in [3.05, 3.63) is 0 Å². The molecule has 0 aromatic carbocycles. The smallest absolute Gasteiger partial charge is 0.568 e. The van der Waals surface area contributed by atoms with Crippen molar-refractivity contribution in [2.45, 2.75) is 0 Å². The molecule has 7 heteroatoms. The Morgan fingerprint density at radius 3 is 1.86 bits per heavy atom. The number of nitrogens with one attached hydrogen (secondary N) is 3. The molecule has 1 saturated heterocycles. The molecule has 3 nitrogen and oxygen atoms in total. The van der Waals surface area contributed by atoms with Crippen LogP contribution in [0.5, 0.6) is 0 Å². The van der Waals surface area contributed by atoms with Crippen molar-refractivity contribution < 1.29 is 18.9 Å². The molecule has 0 bridgehead atoms. The van der Waals surface area contributed by atoms with E-state index in [1.165, 1.54) is 0 Å². The van der Waals surface area contributed by atoms with Crippen LogP contribution < -0.4 is 34.3 Å². The maximum Gasteiger partial charge on any atom is 1.00 e. The van der Waals surface area contributed by atoms with Gasteiger partial charge in [-0.1, -0.05) is 0 Å². The fraction of sp³-hybridized carbons (Fsp3) is 0. The summed E-state index contributed by atoms with van der Waals surface area (Å²) < 4.78 is 0. The van der Waals surface area contributed by atoms with Gasteiger partial charge in [-0.05, 0) is 0 Å². The summed E-state index contributed by atoms with van der Waals surface area (Å²) in [7, 11) is 5.16. The average Bonchev–Trinajstić information content (AvgIpc) is 1.72. The van der Waals surface area contributed by atoms with Crippen LogP contribution >= 0.6 is 0 Å². The molecule has 1 aliphatic rings. The van der Waals surface area contributed by atoms with Crippen LogP contribution in [0.4, 0.5) is 0 Å². The zero-order chi connectivity index (χ0) is 4.24. The molecule has 0 amide bonds. The third-order valence-electron chi connectivity index (χ3n) is 0.500. The molecule has 0 spiro atoms. The van der Waals surface area contributed by atoms with Gasteiger partial charge in [0.25, 0.3) is 0 Å². The van der Waals surface area contributed by atoms with E-state index >= 15 is 0 Å². The van der Waals surface area contributed by atoms with Crippen molar-refractivity contribution in [3.8, 4) is 0 Å². The molecule has 0 atom stereocenters. The first-order valence-corrected chi connectivity index (χ1v) is 1.73. The molecule has 7 heavy (non-hydrogen) atoms. The van der Waals surface area contributed by atoms with E-state index in [9.17, 15) is 0 Å². The zero-order valence-corrected chi connectivity index (χ0v) is 4.23. The van der Waals surface area contributed by atoms with E-state index in [4.69, 9.17) is 0 Å². The summed E-state index contributed by atoms with van der Waals surface area (Å²) in [6, 6.07) is 0. The molecule has 1 fully saturated rings. The van der Waals surface area contributed by atoms with E-state index in [0.717, 1.165) is 0 Å². The van der Waals surface area contributed by atoms with E-state index in [0.29, 0.717) is 0 Å². The van der Waals surface area contributed by atoms with Crippen LogP contribution in [0.15, 0.2) is 0 Å². The van der Waals surface area contributed by atoms with Crippen molar-refractivity contribution in [1.29, 1.82) is 0 Å². The van der Waals surface area contributed by atoms with E-state index in [2.05, 4.69) is 15.4 Å². The van der Waals surface area contributed by atoms with Crippen molar-refractivity contribution in [2.24, 2.45) is 0 Å². The first-order chi connectivity index (χ1) is 3.00. The van der Waals surface area contributed by atoms with Crippen molar-refractivity contribution >= 4 is 22.6 Å². The molecule has 0 aromatic rings. The molecule has 1 heterocycles. The maximum atomic E-state index is 2.78. The van der Waals surface area contributed by atoms with Crippen LogP contribution in [-0.2, 0) is 0 Å². The molecule has 28 valence electrons. The largest absolute Gasteiger partial charge is 1.00 e. The Bertz CT molecular complexity index is 25.7. The Hall–Kier alpha value is 0.672. The van der Waals surface area contributed by atoms with Crippen molar-refractivity contribution in [2.75, 3.05) is 0 Å². The number of hydrogen-bond donors (Lipinski definition) is 3. The maximum absolute atomic E-state index is 2.78. The minimum absolute atomic E-state index is 0. The third kappa shape index (κ3) is 3.27. The quantitative estimate of drug-likeness (QED) is 0.256. The van der Waals surface area contributed by atoms with Crippen LogP contribution in [-0.4, -0.2) is 22.6 Å². The molecule has 0 aromatic heterocycles. The fourth-order valence-electron chi connectivity index (χ4n) is 0.269. The molecule has 1 aliphatic heterocycles. The standard InChI is InChI=1S/B3H3N3.Li/c1-4-2-6-3-5-1;/h4-6H;/q-1;+1. The third-order valence-corrected chi connectivity index (χ3v) is 0.500. The summed E-state index contributed by atoms with van der Waals surface area (Å²) in [4.78, 5) is 0. The Balaban J connectivity index is 0.000000360. The number of rotatable bonds is 0. The summed E-state index contributed by atoms with van der Waals surface area (Å²) >= 11 is 0. The zero-order valence-electron chi connectivity index (χ0n) is 4.23. The normalized spacial score (nSPS) is 18.3. The Morgan fingerprint density at radius 2 is 1.71 bits per heavy atom. The molecular weight excluding hydrogens is 81.4 g/mol. The predicted octanol–water partition coefficient (Wildman–Crippen LogP) is -5.62. The van der Waals surface area contributed by atoms with E-state index in [-0.39, 0.29) is 18.9 Å². The minimum atomic E-state index is 0. The summed E-state index contributed by atoms with van der Waals surface area (Å²) in [6.45, 7) is 0. The monoisotopic (exact) mass is 85.1 g/mol.